The maximum atomic E-state index is 12.2. The Morgan fingerprint density at radius 2 is 0.806 bits per heavy atom. The van der Waals surface area contributed by atoms with Crippen LogP contribution in [0.1, 0.15) is 64.2 Å². The van der Waals surface area contributed by atoms with Crippen molar-refractivity contribution in [3.05, 3.63) is 0 Å². The van der Waals surface area contributed by atoms with Crippen LogP contribution in [0, 0.1) is 0 Å². The van der Waals surface area contributed by atoms with Crippen LogP contribution in [-0.2, 0) is 47.5 Å². The molecule has 0 aromatic heterocycles. The van der Waals surface area contributed by atoms with Gasteiger partial charge in [-0.1, -0.05) is 25.7 Å². The van der Waals surface area contributed by atoms with Gasteiger partial charge in [-0.3, -0.25) is 0 Å². The van der Waals surface area contributed by atoms with Crippen LogP contribution in [0.4, 0.5) is 0 Å². The molecule has 0 N–H and O–H groups in total. The number of hydrogen-bond donors (Lipinski definition) is 0. The van der Waals surface area contributed by atoms with Crippen molar-refractivity contribution in [2.45, 2.75) is 76.4 Å². The van der Waals surface area contributed by atoms with Crippen LogP contribution in [0.3, 0.4) is 0 Å². The van der Waals surface area contributed by atoms with E-state index < -0.39 is 24.1 Å². The van der Waals surface area contributed by atoms with Crippen LogP contribution in [0.5, 0.6) is 0 Å². The smallest absolute Gasteiger partial charge is 0.348 e. The lowest BCUT2D eigenvalue weighted by Crippen LogP contribution is -2.43. The SMILES string of the molecule is COCCOCCOCCCCCCC1OC(=O)C(CCCCCCOCCOCCOC)OC1=O. The van der Waals surface area contributed by atoms with Crippen LogP contribution in [0.15, 0.2) is 0 Å². The lowest BCUT2D eigenvalue weighted by atomic mass is 10.1. The van der Waals surface area contributed by atoms with E-state index >= 15 is 0 Å². The average molecular weight is 521 g/mol. The second kappa shape index (κ2) is 24.1. The topological polar surface area (TPSA) is 108 Å². The van der Waals surface area contributed by atoms with E-state index in [2.05, 4.69) is 0 Å². The van der Waals surface area contributed by atoms with E-state index in [1.165, 1.54) is 0 Å². The van der Waals surface area contributed by atoms with Gasteiger partial charge < -0.3 is 37.9 Å². The molecule has 2 unspecified atom stereocenters. The number of carbonyl (C=O) groups is 2. The van der Waals surface area contributed by atoms with Crippen molar-refractivity contribution in [2.75, 3.05) is 80.3 Å². The van der Waals surface area contributed by atoms with Crippen molar-refractivity contribution in [3.8, 4) is 0 Å². The predicted molar refractivity (Wildman–Crippen MR) is 133 cm³/mol. The van der Waals surface area contributed by atoms with Gasteiger partial charge in [0.05, 0.1) is 52.9 Å². The molecule has 0 aliphatic carbocycles. The van der Waals surface area contributed by atoms with Gasteiger partial charge in [0.2, 0.25) is 0 Å². The molecule has 0 bridgehead atoms. The van der Waals surface area contributed by atoms with Gasteiger partial charge in [0.25, 0.3) is 0 Å². The van der Waals surface area contributed by atoms with Crippen LogP contribution < -0.4 is 0 Å². The first-order chi connectivity index (χ1) is 17.7. The molecule has 212 valence electrons. The third-order valence-electron chi connectivity index (χ3n) is 5.66. The highest BCUT2D eigenvalue weighted by Gasteiger charge is 2.37. The Balaban J connectivity index is 1.94. The Bertz CT molecular complexity index is 485. The minimum atomic E-state index is -0.773. The van der Waals surface area contributed by atoms with Crippen LogP contribution in [0.2, 0.25) is 0 Å². The Hall–Kier alpha value is -1.30. The van der Waals surface area contributed by atoms with E-state index in [4.69, 9.17) is 37.9 Å². The van der Waals surface area contributed by atoms with Gasteiger partial charge in [-0.2, -0.15) is 0 Å². The van der Waals surface area contributed by atoms with Gasteiger partial charge in [0, 0.05) is 27.4 Å². The minimum Gasteiger partial charge on any atom is -0.448 e. The molecule has 10 nitrogen and oxygen atoms in total. The van der Waals surface area contributed by atoms with Crippen molar-refractivity contribution in [2.24, 2.45) is 0 Å². The fourth-order valence-corrected chi connectivity index (χ4v) is 3.59. The largest absolute Gasteiger partial charge is 0.448 e. The molecule has 1 aliphatic rings. The summed E-state index contributed by atoms with van der Waals surface area (Å²) in [5.74, 6) is -0.838. The van der Waals surface area contributed by atoms with Crippen LogP contribution in [0.25, 0.3) is 0 Å². The summed E-state index contributed by atoms with van der Waals surface area (Å²) in [6.45, 7) is 6.02. The van der Waals surface area contributed by atoms with Crippen LogP contribution in [-0.4, -0.2) is 104 Å². The van der Waals surface area contributed by atoms with Crippen molar-refractivity contribution in [3.63, 3.8) is 0 Å². The molecule has 0 saturated carbocycles. The number of rotatable bonds is 26. The molecular formula is C26H48O10. The second-order valence-electron chi connectivity index (χ2n) is 8.69. The predicted octanol–water partition coefficient (Wildman–Crippen LogP) is 3.08. The number of esters is 2. The molecule has 0 aromatic rings. The Labute approximate surface area is 216 Å². The molecule has 1 aliphatic heterocycles. The number of carbonyl (C=O) groups excluding carboxylic acids is 2. The molecule has 1 saturated heterocycles. The first-order valence-corrected chi connectivity index (χ1v) is 13.4. The quantitative estimate of drug-likeness (QED) is 0.125. The zero-order chi connectivity index (χ0) is 26.1. The lowest BCUT2D eigenvalue weighted by Gasteiger charge is -2.27. The normalized spacial score (nSPS) is 17.8. The highest BCUT2D eigenvalue weighted by Crippen LogP contribution is 2.20. The third-order valence-corrected chi connectivity index (χ3v) is 5.66. The fraction of sp³-hybridized carbons (Fsp3) is 0.923. The van der Waals surface area contributed by atoms with Gasteiger partial charge in [-0.15, -0.1) is 0 Å². The van der Waals surface area contributed by atoms with E-state index in [0.717, 1.165) is 51.4 Å². The molecule has 0 amide bonds. The Morgan fingerprint density at radius 3 is 1.19 bits per heavy atom. The number of methoxy groups -OCH3 is 2. The third kappa shape index (κ3) is 18.0. The van der Waals surface area contributed by atoms with Crippen molar-refractivity contribution >= 4 is 11.9 Å². The van der Waals surface area contributed by atoms with E-state index in [-0.39, 0.29) is 0 Å². The number of ether oxygens (including phenoxy) is 8. The number of unbranched alkanes of at least 4 members (excludes halogenated alkanes) is 6. The maximum absolute atomic E-state index is 12.2. The lowest BCUT2D eigenvalue weighted by molar-refractivity contribution is -0.196. The number of cyclic esters (lactones) is 2. The summed E-state index contributed by atoms with van der Waals surface area (Å²) in [4.78, 5) is 24.5. The van der Waals surface area contributed by atoms with Gasteiger partial charge >= 0.3 is 11.9 Å². The Kier molecular flexibility index (Phi) is 21.9. The van der Waals surface area contributed by atoms with E-state index in [1.54, 1.807) is 14.2 Å². The van der Waals surface area contributed by atoms with Gasteiger partial charge in [0.15, 0.2) is 12.2 Å². The summed E-state index contributed by atoms with van der Waals surface area (Å²) >= 11 is 0. The van der Waals surface area contributed by atoms with Gasteiger partial charge in [-0.25, -0.2) is 9.59 Å². The van der Waals surface area contributed by atoms with Crippen LogP contribution >= 0.6 is 0 Å². The summed E-state index contributed by atoms with van der Waals surface area (Å²) in [6, 6.07) is 0. The van der Waals surface area contributed by atoms with Crippen molar-refractivity contribution in [1.82, 2.24) is 0 Å². The minimum absolute atomic E-state index is 0.419. The molecule has 36 heavy (non-hydrogen) atoms. The molecule has 1 fully saturated rings. The first-order valence-electron chi connectivity index (χ1n) is 13.4. The zero-order valence-electron chi connectivity index (χ0n) is 22.4. The first kappa shape index (κ1) is 32.7. The summed E-state index contributed by atoms with van der Waals surface area (Å²) in [6.07, 6.45) is 6.85. The summed E-state index contributed by atoms with van der Waals surface area (Å²) < 4.78 is 42.2. The maximum Gasteiger partial charge on any atom is 0.348 e. The van der Waals surface area contributed by atoms with E-state index in [9.17, 15) is 9.59 Å². The molecular weight excluding hydrogens is 472 g/mol. The van der Waals surface area contributed by atoms with Crippen molar-refractivity contribution in [1.29, 1.82) is 0 Å². The summed E-state index contributed by atoms with van der Waals surface area (Å²) in [5, 5.41) is 0. The average Bonchev–Trinajstić information content (AvgIpc) is 2.87. The van der Waals surface area contributed by atoms with E-state index in [1.807, 2.05) is 0 Å². The summed E-state index contributed by atoms with van der Waals surface area (Å²) in [7, 11) is 3.29. The van der Waals surface area contributed by atoms with Crippen molar-refractivity contribution < 1.29 is 47.5 Å². The highest BCUT2D eigenvalue weighted by atomic mass is 16.6. The van der Waals surface area contributed by atoms with Gasteiger partial charge in [0.1, 0.15) is 0 Å². The molecule has 1 rings (SSSR count). The monoisotopic (exact) mass is 520 g/mol. The molecule has 0 spiro atoms. The van der Waals surface area contributed by atoms with E-state index in [0.29, 0.717) is 78.9 Å². The standard InChI is InChI=1S/C26H48O10/c1-29-15-17-33-21-19-31-13-9-5-3-7-11-23-25(27)36-24(26(28)35-23)12-8-4-6-10-14-32-20-22-34-18-16-30-2/h23-24H,3-22H2,1-2H3. The number of hydrogen-bond acceptors (Lipinski definition) is 10. The fourth-order valence-electron chi connectivity index (χ4n) is 3.59. The zero-order valence-corrected chi connectivity index (χ0v) is 22.4. The van der Waals surface area contributed by atoms with Gasteiger partial charge in [-0.05, 0) is 38.5 Å². The Morgan fingerprint density at radius 1 is 0.472 bits per heavy atom. The molecule has 1 heterocycles. The highest BCUT2D eigenvalue weighted by molar-refractivity contribution is 5.87. The molecule has 0 radical (unpaired) electrons. The molecule has 2 atom stereocenters. The molecule has 0 aromatic carbocycles. The second-order valence-corrected chi connectivity index (χ2v) is 8.69. The molecule has 10 heteroatoms. The summed E-state index contributed by atoms with van der Waals surface area (Å²) in [5.41, 5.74) is 0.